The molecule has 8 heteroatoms. The minimum atomic E-state index is -2.05. The van der Waals surface area contributed by atoms with Crippen LogP contribution in [0.1, 0.15) is 47.5 Å². The van der Waals surface area contributed by atoms with E-state index in [1.807, 2.05) is 12.1 Å². The summed E-state index contributed by atoms with van der Waals surface area (Å²) in [4.78, 5) is 37.7. The van der Waals surface area contributed by atoms with Crippen molar-refractivity contribution in [3.8, 4) is 0 Å². The number of benzene rings is 2. The Hall–Kier alpha value is -3.13. The number of hydrogen-bond donors (Lipinski definition) is 3. The van der Waals surface area contributed by atoms with Crippen molar-refractivity contribution in [1.82, 2.24) is 0 Å². The molecule has 4 atom stereocenters. The summed E-state index contributed by atoms with van der Waals surface area (Å²) in [6, 6.07) is 9.30. The molecule has 31 heavy (non-hydrogen) atoms. The van der Waals surface area contributed by atoms with Crippen LogP contribution < -0.4 is 11.1 Å². The summed E-state index contributed by atoms with van der Waals surface area (Å²) in [6.07, 6.45) is 1.69. The second kappa shape index (κ2) is 7.85. The van der Waals surface area contributed by atoms with Crippen LogP contribution in [0, 0.1) is 17.6 Å². The predicted molar refractivity (Wildman–Crippen MR) is 109 cm³/mol. The van der Waals surface area contributed by atoms with Crippen LogP contribution in [0.2, 0.25) is 0 Å². The van der Waals surface area contributed by atoms with Crippen LogP contribution in [0.15, 0.2) is 42.5 Å². The largest absolute Gasteiger partial charge is 0.480 e. The average molecular weight is 428 g/mol. The first kappa shape index (κ1) is 21.1. The lowest BCUT2D eigenvalue weighted by Gasteiger charge is -2.44. The maximum Gasteiger partial charge on any atom is 0.324 e. The standard InChI is InChI=1S/C23H22F2N2O4/c24-13-8-12(9-14(25)10-13)21(29)19(28)11-23(26,22(30)31)20-15-4-1-2-6-17(15)27-18-7-3-5-16(18)20/h1-2,4,6,8-10,16,18,20,27H,3,5,7,11,26H2,(H,30,31). The van der Waals surface area contributed by atoms with Gasteiger partial charge in [0.05, 0.1) is 0 Å². The number of fused-ring (bicyclic) bond motifs is 2. The highest BCUT2D eigenvalue weighted by molar-refractivity contribution is 6.44. The van der Waals surface area contributed by atoms with Crippen molar-refractivity contribution in [3.05, 3.63) is 65.2 Å². The molecule has 1 saturated carbocycles. The first-order chi connectivity index (χ1) is 14.7. The summed E-state index contributed by atoms with van der Waals surface area (Å²) in [7, 11) is 0. The number of carboxylic acid groups (broad SMARTS) is 1. The summed E-state index contributed by atoms with van der Waals surface area (Å²) < 4.78 is 27.0. The van der Waals surface area contributed by atoms with E-state index in [-0.39, 0.29) is 12.0 Å². The normalized spacial score (nSPS) is 23.8. The van der Waals surface area contributed by atoms with Gasteiger partial charge in [0, 0.05) is 35.7 Å². The highest BCUT2D eigenvalue weighted by Gasteiger charge is 2.53. The molecule has 0 radical (unpaired) electrons. The molecular weight excluding hydrogens is 406 g/mol. The third-order valence-corrected chi connectivity index (χ3v) is 6.42. The number of anilines is 1. The van der Waals surface area contributed by atoms with Crippen LogP contribution >= 0.6 is 0 Å². The number of halogens is 2. The number of aliphatic carboxylic acids is 1. The van der Waals surface area contributed by atoms with E-state index in [0.29, 0.717) is 11.6 Å². The van der Waals surface area contributed by atoms with Gasteiger partial charge in [-0.1, -0.05) is 24.6 Å². The van der Waals surface area contributed by atoms with Crippen LogP contribution in [0.25, 0.3) is 0 Å². The molecule has 0 spiro atoms. The van der Waals surface area contributed by atoms with Gasteiger partial charge in [-0.2, -0.15) is 0 Å². The van der Waals surface area contributed by atoms with Crippen molar-refractivity contribution >= 4 is 23.2 Å². The molecule has 4 N–H and O–H groups in total. The molecule has 1 fully saturated rings. The average Bonchev–Trinajstić information content (AvgIpc) is 3.18. The molecule has 1 aliphatic heterocycles. The number of carboxylic acids is 1. The van der Waals surface area contributed by atoms with Crippen LogP contribution in [0.3, 0.4) is 0 Å². The zero-order chi connectivity index (χ0) is 22.3. The van der Waals surface area contributed by atoms with Gasteiger partial charge in [-0.3, -0.25) is 14.4 Å². The molecule has 0 bridgehead atoms. The number of Topliss-reactive ketones (excluding diaryl/α,β-unsaturated/α-hetero) is 2. The Morgan fingerprint density at radius 1 is 1.10 bits per heavy atom. The number of para-hydroxylation sites is 1. The van der Waals surface area contributed by atoms with E-state index in [1.165, 1.54) is 0 Å². The van der Waals surface area contributed by atoms with Crippen LogP contribution in [-0.2, 0) is 9.59 Å². The molecule has 0 amide bonds. The van der Waals surface area contributed by atoms with Gasteiger partial charge in [-0.05, 0) is 42.5 Å². The Labute approximate surface area is 177 Å². The minimum absolute atomic E-state index is 0.0188. The Bertz CT molecular complexity index is 1050. The Morgan fingerprint density at radius 2 is 1.77 bits per heavy atom. The molecule has 2 aromatic rings. The third-order valence-electron chi connectivity index (χ3n) is 6.42. The van der Waals surface area contributed by atoms with Crippen LogP contribution in [-0.4, -0.2) is 34.2 Å². The van der Waals surface area contributed by atoms with Crippen molar-refractivity contribution in [3.63, 3.8) is 0 Å². The van der Waals surface area contributed by atoms with Crippen molar-refractivity contribution in [2.75, 3.05) is 5.32 Å². The van der Waals surface area contributed by atoms with Crippen molar-refractivity contribution in [1.29, 1.82) is 0 Å². The molecule has 0 saturated heterocycles. The van der Waals surface area contributed by atoms with Gasteiger partial charge in [-0.15, -0.1) is 0 Å². The quantitative estimate of drug-likeness (QED) is 0.481. The van der Waals surface area contributed by atoms with Crippen molar-refractivity contribution in [2.24, 2.45) is 11.7 Å². The molecule has 1 heterocycles. The summed E-state index contributed by atoms with van der Waals surface area (Å²) in [5.74, 6) is -6.49. The summed E-state index contributed by atoms with van der Waals surface area (Å²) in [5.41, 5.74) is 5.34. The lowest BCUT2D eigenvalue weighted by molar-refractivity contribution is -0.146. The second-order valence-corrected chi connectivity index (χ2v) is 8.34. The maximum atomic E-state index is 13.5. The van der Waals surface area contributed by atoms with Gasteiger partial charge in [0.2, 0.25) is 11.6 Å². The number of rotatable bonds is 6. The first-order valence-electron chi connectivity index (χ1n) is 10.1. The van der Waals surface area contributed by atoms with Crippen LogP contribution in [0.4, 0.5) is 14.5 Å². The van der Waals surface area contributed by atoms with Gasteiger partial charge in [0.25, 0.3) is 0 Å². The minimum Gasteiger partial charge on any atom is -0.480 e. The molecule has 0 aromatic heterocycles. The molecule has 2 aromatic carbocycles. The molecule has 1 aliphatic carbocycles. The zero-order valence-electron chi connectivity index (χ0n) is 16.6. The van der Waals surface area contributed by atoms with Gasteiger partial charge in [0.1, 0.15) is 17.2 Å². The highest BCUT2D eigenvalue weighted by Crippen LogP contribution is 2.50. The highest BCUT2D eigenvalue weighted by atomic mass is 19.1. The number of ketones is 2. The Balaban J connectivity index is 1.71. The third kappa shape index (κ3) is 3.72. The number of carbonyl (C=O) groups excluding carboxylic acids is 2. The molecule has 4 unspecified atom stereocenters. The Morgan fingerprint density at radius 3 is 2.45 bits per heavy atom. The number of nitrogens with two attached hydrogens (primary N) is 1. The van der Waals surface area contributed by atoms with Crippen molar-refractivity contribution < 1.29 is 28.3 Å². The van der Waals surface area contributed by atoms with E-state index >= 15 is 0 Å². The number of hydrogen-bond acceptors (Lipinski definition) is 5. The first-order valence-corrected chi connectivity index (χ1v) is 10.1. The van der Waals surface area contributed by atoms with E-state index < -0.39 is 52.6 Å². The predicted octanol–water partition coefficient (Wildman–Crippen LogP) is 3.27. The van der Waals surface area contributed by atoms with E-state index in [4.69, 9.17) is 5.73 Å². The van der Waals surface area contributed by atoms with E-state index in [0.717, 1.165) is 37.1 Å². The molecule has 4 rings (SSSR count). The molecule has 6 nitrogen and oxygen atoms in total. The fraction of sp³-hybridized carbons (Fsp3) is 0.348. The van der Waals surface area contributed by atoms with Crippen LogP contribution in [0.5, 0.6) is 0 Å². The number of carbonyl (C=O) groups is 3. The van der Waals surface area contributed by atoms with E-state index in [1.54, 1.807) is 12.1 Å². The molecular formula is C23H22F2N2O4. The Kier molecular flexibility index (Phi) is 5.35. The fourth-order valence-corrected chi connectivity index (χ4v) is 5.07. The summed E-state index contributed by atoms with van der Waals surface area (Å²) >= 11 is 0. The van der Waals surface area contributed by atoms with Gasteiger partial charge in [0.15, 0.2) is 0 Å². The smallest absolute Gasteiger partial charge is 0.324 e. The van der Waals surface area contributed by atoms with Gasteiger partial charge >= 0.3 is 5.97 Å². The molecule has 162 valence electrons. The lowest BCUT2D eigenvalue weighted by atomic mass is 9.66. The van der Waals surface area contributed by atoms with E-state index in [2.05, 4.69) is 5.32 Å². The van der Waals surface area contributed by atoms with Gasteiger partial charge < -0.3 is 16.2 Å². The fourth-order valence-electron chi connectivity index (χ4n) is 5.07. The van der Waals surface area contributed by atoms with Gasteiger partial charge in [-0.25, -0.2) is 8.78 Å². The number of nitrogens with one attached hydrogen (secondary N) is 1. The summed E-state index contributed by atoms with van der Waals surface area (Å²) in [5, 5.41) is 13.5. The second-order valence-electron chi connectivity index (χ2n) is 8.34. The maximum absolute atomic E-state index is 13.5. The lowest BCUT2D eigenvalue weighted by Crippen LogP contribution is -2.59. The van der Waals surface area contributed by atoms with Crippen molar-refractivity contribution in [2.45, 2.75) is 43.2 Å². The monoisotopic (exact) mass is 428 g/mol. The molecule has 2 aliphatic rings. The van der Waals surface area contributed by atoms with E-state index in [9.17, 15) is 28.3 Å². The SMILES string of the molecule is NC(CC(=O)C(=O)c1cc(F)cc(F)c1)(C(=O)O)C1c2ccccc2NC2CCCC21. The summed E-state index contributed by atoms with van der Waals surface area (Å²) in [6.45, 7) is 0. The topological polar surface area (TPSA) is 109 Å². The zero-order valence-corrected chi connectivity index (χ0v) is 16.6.